The molecule has 0 aliphatic carbocycles. The average Bonchev–Trinajstić information content (AvgIpc) is 2.72. The van der Waals surface area contributed by atoms with Crippen molar-refractivity contribution in [2.45, 2.75) is 26.9 Å². The number of aryl methyl sites for hydroxylation is 1. The summed E-state index contributed by atoms with van der Waals surface area (Å²) in [6.45, 7) is 3.68. The van der Waals surface area contributed by atoms with Crippen LogP contribution in [0.15, 0.2) is 36.4 Å². The maximum atomic E-state index is 12.9. The predicted molar refractivity (Wildman–Crippen MR) is 110 cm³/mol. The summed E-state index contributed by atoms with van der Waals surface area (Å²) in [5.41, 5.74) is 1.94. The highest BCUT2D eigenvalue weighted by Crippen LogP contribution is 2.41. The van der Waals surface area contributed by atoms with Gasteiger partial charge in [0, 0.05) is 13.0 Å². The highest BCUT2D eigenvalue weighted by Gasteiger charge is 2.27. The van der Waals surface area contributed by atoms with E-state index in [0.29, 0.717) is 17.9 Å². The minimum Gasteiger partial charge on any atom is -0.487 e. The first-order valence-corrected chi connectivity index (χ1v) is 9.49. The van der Waals surface area contributed by atoms with Crippen LogP contribution >= 0.6 is 11.6 Å². The molecule has 0 amide bonds. The summed E-state index contributed by atoms with van der Waals surface area (Å²) in [5, 5.41) is 0.187. The molecule has 0 aliphatic heterocycles. The smallest absolute Gasteiger partial charge is 0.306 e. The zero-order chi connectivity index (χ0) is 21.4. The molecule has 0 aliphatic rings. The van der Waals surface area contributed by atoms with Crippen LogP contribution in [0, 0.1) is 12.8 Å². The van der Waals surface area contributed by atoms with Gasteiger partial charge in [-0.2, -0.15) is 0 Å². The van der Waals surface area contributed by atoms with Crippen LogP contribution in [-0.2, 0) is 20.9 Å². The molecule has 0 spiro atoms. The van der Waals surface area contributed by atoms with E-state index in [1.54, 1.807) is 19.9 Å². The molecular weight excluding hydrogens is 396 g/mol. The van der Waals surface area contributed by atoms with E-state index < -0.39 is 11.9 Å². The monoisotopic (exact) mass is 420 g/mol. The first-order chi connectivity index (χ1) is 13.9. The predicted octanol–water partition coefficient (Wildman–Crippen LogP) is 4.59. The van der Waals surface area contributed by atoms with Crippen molar-refractivity contribution in [2.75, 3.05) is 21.0 Å². The number of Topliss-reactive ketones (excluding diaryl/α,β-unsaturated/α-hetero) is 1. The van der Waals surface area contributed by atoms with Gasteiger partial charge < -0.3 is 18.9 Å². The Morgan fingerprint density at radius 2 is 1.76 bits per heavy atom. The van der Waals surface area contributed by atoms with Gasteiger partial charge in [0.05, 0.1) is 19.1 Å². The number of ether oxygens (including phenoxy) is 4. The Bertz CT molecular complexity index is 850. The number of rotatable bonds is 10. The number of ketones is 1. The number of hydrogen-bond donors (Lipinski definition) is 0. The van der Waals surface area contributed by atoms with Gasteiger partial charge >= 0.3 is 5.97 Å². The fourth-order valence-corrected chi connectivity index (χ4v) is 3.14. The second kappa shape index (κ2) is 10.8. The largest absolute Gasteiger partial charge is 0.487 e. The zero-order valence-electron chi connectivity index (χ0n) is 17.0. The molecule has 2 rings (SSSR count). The van der Waals surface area contributed by atoms with Crippen molar-refractivity contribution >= 4 is 23.4 Å². The third kappa shape index (κ3) is 5.95. The fraction of sp³-hybridized carbons (Fsp3) is 0.364. The summed E-state index contributed by atoms with van der Waals surface area (Å²) in [6.07, 6.45) is -0.0397. The van der Waals surface area contributed by atoms with Crippen molar-refractivity contribution in [3.05, 3.63) is 58.1 Å². The number of carbonyl (C=O) groups excluding carboxylic acids is 2. The van der Waals surface area contributed by atoms with Crippen molar-refractivity contribution in [2.24, 2.45) is 5.92 Å². The van der Waals surface area contributed by atoms with E-state index in [1.165, 1.54) is 14.2 Å². The quantitative estimate of drug-likeness (QED) is 0.318. The van der Waals surface area contributed by atoms with Gasteiger partial charge in [0.1, 0.15) is 17.4 Å². The maximum absolute atomic E-state index is 12.9. The van der Waals surface area contributed by atoms with Crippen molar-refractivity contribution < 1.29 is 28.5 Å². The Labute approximate surface area is 175 Å². The van der Waals surface area contributed by atoms with Gasteiger partial charge in [-0.1, -0.05) is 48.9 Å². The third-order valence-corrected chi connectivity index (χ3v) is 4.67. The van der Waals surface area contributed by atoms with E-state index >= 15 is 0 Å². The lowest BCUT2D eigenvalue weighted by Gasteiger charge is -2.19. The van der Waals surface area contributed by atoms with Crippen molar-refractivity contribution in [3.63, 3.8) is 0 Å². The maximum Gasteiger partial charge on any atom is 0.306 e. The molecule has 1 atom stereocenters. The molecule has 0 heterocycles. The molecule has 0 saturated carbocycles. The molecule has 0 aromatic heterocycles. The number of benzene rings is 2. The summed E-state index contributed by atoms with van der Waals surface area (Å²) in [4.78, 5) is 24.5. The molecular formula is C22H25ClO6. The molecule has 156 valence electrons. The van der Waals surface area contributed by atoms with E-state index in [9.17, 15) is 9.59 Å². The number of methoxy groups -OCH3 is 2. The van der Waals surface area contributed by atoms with Crippen LogP contribution in [0.5, 0.6) is 11.5 Å². The normalized spacial score (nSPS) is 11.6. The van der Waals surface area contributed by atoms with E-state index in [-0.39, 0.29) is 35.3 Å². The number of carbonyl (C=O) groups is 2. The van der Waals surface area contributed by atoms with Gasteiger partial charge in [0.2, 0.25) is 0 Å². The van der Waals surface area contributed by atoms with E-state index in [0.717, 1.165) is 5.56 Å². The van der Waals surface area contributed by atoms with Crippen LogP contribution < -0.4 is 9.47 Å². The van der Waals surface area contributed by atoms with Gasteiger partial charge in [-0.15, -0.1) is 0 Å². The van der Waals surface area contributed by atoms with Crippen molar-refractivity contribution in [3.8, 4) is 11.5 Å². The van der Waals surface area contributed by atoms with Gasteiger partial charge in [0.15, 0.2) is 18.3 Å². The lowest BCUT2D eigenvalue weighted by Crippen LogP contribution is -2.18. The van der Waals surface area contributed by atoms with E-state index in [2.05, 4.69) is 4.74 Å². The second-order valence-corrected chi connectivity index (χ2v) is 6.96. The number of halogens is 1. The Kier molecular flexibility index (Phi) is 8.49. The molecule has 6 nitrogen and oxygen atoms in total. The van der Waals surface area contributed by atoms with Crippen molar-refractivity contribution in [1.29, 1.82) is 0 Å². The average molecular weight is 421 g/mol. The number of hydrogen-bond acceptors (Lipinski definition) is 6. The lowest BCUT2D eigenvalue weighted by molar-refractivity contribution is -0.141. The molecule has 1 unspecified atom stereocenters. The summed E-state index contributed by atoms with van der Waals surface area (Å²) in [5.74, 6) is -0.737. The lowest BCUT2D eigenvalue weighted by atomic mass is 9.94. The molecule has 2 aromatic rings. The van der Waals surface area contributed by atoms with Gasteiger partial charge in [-0.3, -0.25) is 9.59 Å². The van der Waals surface area contributed by atoms with Gasteiger partial charge in [0.25, 0.3) is 0 Å². The van der Waals surface area contributed by atoms with E-state index in [4.69, 9.17) is 25.8 Å². The molecule has 0 saturated heterocycles. The Balaban J connectivity index is 2.36. The summed E-state index contributed by atoms with van der Waals surface area (Å²) in [6, 6.07) is 11.3. The van der Waals surface area contributed by atoms with Crippen molar-refractivity contribution in [1.82, 2.24) is 0 Å². The molecule has 7 heteroatoms. The van der Waals surface area contributed by atoms with E-state index in [1.807, 2.05) is 30.3 Å². The topological polar surface area (TPSA) is 71.1 Å². The summed E-state index contributed by atoms with van der Waals surface area (Å²) in [7, 11) is 2.75. The standard InChI is InChI=1S/C22H25ClO6/c1-14(11-18(24)27-4)20(25)17-10-15(2)21(19(23)22(17)29-13-26-3)28-12-16-8-6-5-7-9-16/h5-10,14H,11-13H2,1-4H3. The molecule has 0 bridgehead atoms. The molecule has 0 fully saturated rings. The van der Waals surface area contributed by atoms with Crippen LogP contribution in [0.25, 0.3) is 0 Å². The van der Waals surface area contributed by atoms with Crippen LogP contribution in [0.2, 0.25) is 5.02 Å². The second-order valence-electron chi connectivity index (χ2n) is 6.58. The molecule has 0 N–H and O–H groups in total. The Hall–Kier alpha value is -2.57. The first kappa shape index (κ1) is 22.7. The highest BCUT2D eigenvalue weighted by atomic mass is 35.5. The minimum atomic E-state index is -0.598. The Morgan fingerprint density at radius 3 is 2.38 bits per heavy atom. The first-order valence-electron chi connectivity index (χ1n) is 9.11. The summed E-state index contributed by atoms with van der Waals surface area (Å²) < 4.78 is 21.1. The molecule has 29 heavy (non-hydrogen) atoms. The zero-order valence-corrected chi connectivity index (χ0v) is 17.7. The third-order valence-electron chi connectivity index (χ3n) is 4.32. The fourth-order valence-electron chi connectivity index (χ4n) is 2.78. The molecule has 0 radical (unpaired) electrons. The minimum absolute atomic E-state index is 0.0397. The molecule has 2 aromatic carbocycles. The van der Waals surface area contributed by atoms with Crippen LogP contribution in [0.3, 0.4) is 0 Å². The van der Waals surface area contributed by atoms with Crippen LogP contribution in [0.4, 0.5) is 0 Å². The summed E-state index contributed by atoms with van der Waals surface area (Å²) >= 11 is 6.55. The SMILES string of the molecule is COCOc1c(C(=O)C(C)CC(=O)OC)cc(C)c(OCc2ccccc2)c1Cl. The highest BCUT2D eigenvalue weighted by molar-refractivity contribution is 6.34. The number of esters is 1. The van der Waals surface area contributed by atoms with Crippen LogP contribution in [0.1, 0.15) is 34.8 Å². The van der Waals surface area contributed by atoms with Crippen LogP contribution in [-0.4, -0.2) is 32.8 Å². The van der Waals surface area contributed by atoms with Gasteiger partial charge in [-0.25, -0.2) is 0 Å². The Morgan fingerprint density at radius 1 is 1.07 bits per heavy atom. The van der Waals surface area contributed by atoms with Gasteiger partial charge in [-0.05, 0) is 24.1 Å².